The van der Waals surface area contributed by atoms with Gasteiger partial charge in [0, 0.05) is 23.3 Å². The molecule has 1 aliphatic carbocycles. The highest BCUT2D eigenvalue weighted by Gasteiger charge is 2.28. The van der Waals surface area contributed by atoms with Gasteiger partial charge in [-0.2, -0.15) is 0 Å². The Hall–Kier alpha value is -0.770. The number of aromatic nitrogens is 1. The van der Waals surface area contributed by atoms with E-state index in [0.29, 0.717) is 6.04 Å². The first-order valence-corrected chi connectivity index (χ1v) is 6.78. The Labute approximate surface area is 104 Å². The zero-order valence-corrected chi connectivity index (χ0v) is 10.8. The number of nitrogens with one attached hydrogen (secondary N) is 2. The van der Waals surface area contributed by atoms with Gasteiger partial charge < -0.3 is 10.6 Å². The first kappa shape index (κ1) is 10.4. The molecule has 1 aliphatic heterocycles. The molecule has 0 aromatic carbocycles. The summed E-state index contributed by atoms with van der Waals surface area (Å²) < 4.78 is 1.03. The third-order valence-electron chi connectivity index (χ3n) is 3.64. The van der Waals surface area contributed by atoms with Crippen LogP contribution in [0.2, 0.25) is 0 Å². The highest BCUT2D eigenvalue weighted by atomic mass is 79.9. The van der Waals surface area contributed by atoms with Crippen LogP contribution in [0.25, 0.3) is 0 Å². The zero-order chi connectivity index (χ0) is 11.0. The van der Waals surface area contributed by atoms with Crippen molar-refractivity contribution in [1.82, 2.24) is 4.98 Å². The van der Waals surface area contributed by atoms with Gasteiger partial charge in [-0.15, -0.1) is 0 Å². The van der Waals surface area contributed by atoms with Crippen LogP contribution in [0.4, 0.5) is 11.5 Å². The molecular formula is C12H16BrN3. The van der Waals surface area contributed by atoms with Gasteiger partial charge in [-0.3, -0.25) is 0 Å². The molecule has 0 radical (unpaired) electrons. The van der Waals surface area contributed by atoms with Crippen LogP contribution in [-0.2, 0) is 0 Å². The molecule has 0 amide bonds. The lowest BCUT2D eigenvalue weighted by Gasteiger charge is -2.30. The molecule has 2 unspecified atom stereocenters. The van der Waals surface area contributed by atoms with Crippen molar-refractivity contribution in [2.24, 2.45) is 5.92 Å². The van der Waals surface area contributed by atoms with E-state index < -0.39 is 0 Å². The van der Waals surface area contributed by atoms with Gasteiger partial charge in [-0.05, 0) is 40.8 Å². The Kier molecular flexibility index (Phi) is 2.75. The number of rotatable bonds is 0. The smallest absolute Gasteiger partial charge is 0.149 e. The quantitative estimate of drug-likeness (QED) is 0.767. The average Bonchev–Trinajstić information content (AvgIpc) is 2.48. The Morgan fingerprint density at radius 3 is 3.12 bits per heavy atom. The van der Waals surface area contributed by atoms with Gasteiger partial charge in [0.2, 0.25) is 0 Å². The van der Waals surface area contributed by atoms with E-state index in [1.165, 1.54) is 25.7 Å². The van der Waals surface area contributed by atoms with Crippen molar-refractivity contribution in [3.63, 3.8) is 0 Å². The largest absolute Gasteiger partial charge is 0.382 e. The molecule has 0 saturated heterocycles. The van der Waals surface area contributed by atoms with Crippen molar-refractivity contribution in [2.45, 2.75) is 31.7 Å². The summed E-state index contributed by atoms with van der Waals surface area (Å²) in [6.45, 7) is 1.07. The number of hydrogen-bond acceptors (Lipinski definition) is 3. The molecule has 4 heteroatoms. The van der Waals surface area contributed by atoms with Crippen molar-refractivity contribution in [1.29, 1.82) is 0 Å². The van der Waals surface area contributed by atoms with Gasteiger partial charge in [-0.25, -0.2) is 4.98 Å². The number of fused-ring (bicyclic) bond motifs is 2. The van der Waals surface area contributed by atoms with Crippen molar-refractivity contribution < 1.29 is 0 Å². The average molecular weight is 282 g/mol. The van der Waals surface area contributed by atoms with Crippen LogP contribution in [0.1, 0.15) is 25.7 Å². The van der Waals surface area contributed by atoms with Crippen molar-refractivity contribution >= 4 is 27.4 Å². The SMILES string of the molecule is Brc1cnc2c(c1)NCC1CCCCC1N2. The second-order valence-electron chi connectivity index (χ2n) is 4.73. The molecule has 3 nitrogen and oxygen atoms in total. The second-order valence-corrected chi connectivity index (χ2v) is 5.64. The van der Waals surface area contributed by atoms with E-state index in [2.05, 4.69) is 37.6 Å². The lowest BCUT2D eigenvalue weighted by atomic mass is 9.85. The van der Waals surface area contributed by atoms with E-state index in [9.17, 15) is 0 Å². The molecule has 86 valence electrons. The fourth-order valence-electron chi connectivity index (χ4n) is 2.75. The van der Waals surface area contributed by atoms with E-state index in [4.69, 9.17) is 0 Å². The highest BCUT2D eigenvalue weighted by molar-refractivity contribution is 9.10. The molecule has 2 atom stereocenters. The third kappa shape index (κ3) is 1.90. The summed E-state index contributed by atoms with van der Waals surface area (Å²) >= 11 is 3.46. The highest BCUT2D eigenvalue weighted by Crippen LogP contribution is 2.33. The third-order valence-corrected chi connectivity index (χ3v) is 4.07. The molecule has 2 heterocycles. The van der Waals surface area contributed by atoms with Crippen LogP contribution >= 0.6 is 15.9 Å². The van der Waals surface area contributed by atoms with Gasteiger partial charge in [0.1, 0.15) is 5.82 Å². The standard InChI is InChI=1S/C12H16BrN3/c13-9-5-11-12(15-7-9)16-10-4-2-1-3-8(10)6-14-11/h5,7-8,10,14H,1-4,6H2,(H,15,16). The predicted octanol–water partition coefficient (Wildman–Crippen LogP) is 3.24. The second kappa shape index (κ2) is 4.24. The molecule has 2 N–H and O–H groups in total. The maximum atomic E-state index is 4.45. The monoisotopic (exact) mass is 281 g/mol. The Morgan fingerprint density at radius 1 is 1.31 bits per heavy atom. The fraction of sp³-hybridized carbons (Fsp3) is 0.583. The Morgan fingerprint density at radius 2 is 2.19 bits per heavy atom. The fourth-order valence-corrected chi connectivity index (χ4v) is 3.08. The molecule has 1 fully saturated rings. The van der Waals surface area contributed by atoms with E-state index >= 15 is 0 Å². The number of hydrogen-bond donors (Lipinski definition) is 2. The maximum absolute atomic E-state index is 4.45. The van der Waals surface area contributed by atoms with Gasteiger partial charge in [-0.1, -0.05) is 12.8 Å². The van der Waals surface area contributed by atoms with Crippen LogP contribution in [-0.4, -0.2) is 17.6 Å². The Balaban J connectivity index is 1.89. The summed E-state index contributed by atoms with van der Waals surface area (Å²) in [5, 5.41) is 7.10. The van der Waals surface area contributed by atoms with Crippen molar-refractivity contribution in [2.75, 3.05) is 17.2 Å². The number of halogens is 1. The molecule has 0 bridgehead atoms. The van der Waals surface area contributed by atoms with Crippen molar-refractivity contribution in [3.8, 4) is 0 Å². The summed E-state index contributed by atoms with van der Waals surface area (Å²) in [6.07, 6.45) is 7.19. The predicted molar refractivity (Wildman–Crippen MR) is 69.8 cm³/mol. The van der Waals surface area contributed by atoms with Crippen LogP contribution in [0, 0.1) is 5.92 Å². The molecular weight excluding hydrogens is 266 g/mol. The maximum Gasteiger partial charge on any atom is 0.149 e. The number of nitrogens with zero attached hydrogens (tertiary/aromatic N) is 1. The normalized spacial score (nSPS) is 28.1. The molecule has 1 aromatic heterocycles. The molecule has 1 aromatic rings. The minimum absolute atomic E-state index is 0.608. The summed E-state index contributed by atoms with van der Waals surface area (Å²) in [4.78, 5) is 4.45. The first-order valence-electron chi connectivity index (χ1n) is 5.99. The molecule has 3 rings (SSSR count). The van der Waals surface area contributed by atoms with Gasteiger partial charge in [0.25, 0.3) is 0 Å². The summed E-state index contributed by atoms with van der Waals surface area (Å²) in [5.41, 5.74) is 1.13. The van der Waals surface area contributed by atoms with Gasteiger partial charge in [0.05, 0.1) is 5.69 Å². The van der Waals surface area contributed by atoms with Crippen LogP contribution in [0.15, 0.2) is 16.7 Å². The Bertz CT molecular complexity index is 394. The first-order chi connectivity index (χ1) is 7.83. The summed E-state index contributed by atoms with van der Waals surface area (Å²) in [5.74, 6) is 1.76. The lowest BCUT2D eigenvalue weighted by Crippen LogP contribution is -2.34. The van der Waals surface area contributed by atoms with Crippen molar-refractivity contribution in [3.05, 3.63) is 16.7 Å². The molecule has 0 spiro atoms. The van der Waals surface area contributed by atoms with Crippen LogP contribution in [0.3, 0.4) is 0 Å². The molecule has 2 aliphatic rings. The number of anilines is 2. The van der Waals surface area contributed by atoms with Gasteiger partial charge in [0.15, 0.2) is 0 Å². The van der Waals surface area contributed by atoms with E-state index in [0.717, 1.165) is 28.4 Å². The van der Waals surface area contributed by atoms with Crippen LogP contribution < -0.4 is 10.6 Å². The molecule has 16 heavy (non-hydrogen) atoms. The lowest BCUT2D eigenvalue weighted by molar-refractivity contribution is 0.341. The van der Waals surface area contributed by atoms with Crippen LogP contribution in [0.5, 0.6) is 0 Å². The van der Waals surface area contributed by atoms with E-state index in [1.54, 1.807) is 0 Å². The molecule has 1 saturated carbocycles. The summed E-state index contributed by atoms with van der Waals surface area (Å²) in [6, 6.07) is 2.71. The minimum atomic E-state index is 0.608. The van der Waals surface area contributed by atoms with E-state index in [1.807, 2.05) is 6.20 Å². The summed E-state index contributed by atoms with van der Waals surface area (Å²) in [7, 11) is 0. The minimum Gasteiger partial charge on any atom is -0.382 e. The number of pyridine rings is 1. The zero-order valence-electron chi connectivity index (χ0n) is 9.17. The topological polar surface area (TPSA) is 37.0 Å². The van der Waals surface area contributed by atoms with E-state index in [-0.39, 0.29) is 0 Å². The van der Waals surface area contributed by atoms with Gasteiger partial charge >= 0.3 is 0 Å².